The van der Waals surface area contributed by atoms with Gasteiger partial charge in [-0.25, -0.2) is 14.0 Å². The van der Waals surface area contributed by atoms with Crippen molar-refractivity contribution in [3.05, 3.63) is 95.8 Å². The number of aryl methyl sites for hydroxylation is 1. The van der Waals surface area contributed by atoms with E-state index in [0.717, 1.165) is 18.4 Å². The van der Waals surface area contributed by atoms with Gasteiger partial charge in [0.05, 0.1) is 6.54 Å². The van der Waals surface area contributed by atoms with E-state index in [2.05, 4.69) is 0 Å². The van der Waals surface area contributed by atoms with Crippen LogP contribution in [-0.2, 0) is 22.4 Å². The number of halogens is 1. The monoisotopic (exact) mass is 509 g/mol. The van der Waals surface area contributed by atoms with E-state index < -0.39 is 24.0 Å². The summed E-state index contributed by atoms with van der Waals surface area (Å²) in [7, 11) is 0. The first kappa shape index (κ1) is 27.7. The predicted octanol–water partition coefficient (Wildman–Crippen LogP) is 5.37. The third kappa shape index (κ3) is 9.57. The van der Waals surface area contributed by atoms with Crippen LogP contribution in [0.25, 0.3) is 0 Å². The van der Waals surface area contributed by atoms with E-state index in [-0.39, 0.29) is 18.8 Å². The van der Waals surface area contributed by atoms with Gasteiger partial charge in [-0.1, -0.05) is 42.5 Å². The number of aliphatic carboxylic acids is 1. The van der Waals surface area contributed by atoms with Crippen molar-refractivity contribution < 1.29 is 33.3 Å². The van der Waals surface area contributed by atoms with Gasteiger partial charge in [0, 0.05) is 19.6 Å². The van der Waals surface area contributed by atoms with Crippen LogP contribution in [-0.4, -0.2) is 54.5 Å². The Hall–Kier alpha value is -3.91. The summed E-state index contributed by atoms with van der Waals surface area (Å²) in [5.41, 5.74) is 2.00. The van der Waals surface area contributed by atoms with Crippen LogP contribution in [0.4, 0.5) is 9.18 Å². The summed E-state index contributed by atoms with van der Waals surface area (Å²) in [4.78, 5) is 25.7. The quantitative estimate of drug-likeness (QED) is 0.315. The van der Waals surface area contributed by atoms with Crippen LogP contribution in [0.2, 0.25) is 0 Å². The SMILES string of the molecule is CCOC(Cc1ccc(OCCN(CCCc2ccccc2)C(=O)Oc2ccc(F)cc2)cc1)C(=O)O. The maximum atomic E-state index is 13.2. The molecule has 0 aromatic heterocycles. The molecule has 0 aliphatic rings. The van der Waals surface area contributed by atoms with Gasteiger partial charge in [0.1, 0.15) is 23.9 Å². The van der Waals surface area contributed by atoms with E-state index in [1.165, 1.54) is 29.8 Å². The fraction of sp³-hybridized carbons (Fsp3) is 0.310. The van der Waals surface area contributed by atoms with Gasteiger partial charge in [-0.3, -0.25) is 0 Å². The van der Waals surface area contributed by atoms with Crippen molar-refractivity contribution >= 4 is 12.1 Å². The summed E-state index contributed by atoms with van der Waals surface area (Å²) in [6.45, 7) is 3.07. The molecule has 1 N–H and O–H groups in total. The average Bonchev–Trinajstić information content (AvgIpc) is 2.90. The molecular weight excluding hydrogens is 477 g/mol. The zero-order valence-electron chi connectivity index (χ0n) is 20.8. The van der Waals surface area contributed by atoms with Crippen LogP contribution in [0.3, 0.4) is 0 Å². The Morgan fingerprint density at radius 2 is 1.57 bits per heavy atom. The van der Waals surface area contributed by atoms with Crippen LogP contribution in [0, 0.1) is 5.82 Å². The smallest absolute Gasteiger partial charge is 0.415 e. The molecule has 3 aromatic carbocycles. The molecule has 0 saturated carbocycles. The van der Waals surface area contributed by atoms with E-state index in [9.17, 15) is 19.1 Å². The summed E-state index contributed by atoms with van der Waals surface area (Å²) >= 11 is 0. The van der Waals surface area contributed by atoms with Crippen molar-refractivity contribution in [2.75, 3.05) is 26.3 Å². The lowest BCUT2D eigenvalue weighted by Crippen LogP contribution is -2.37. The highest BCUT2D eigenvalue weighted by Crippen LogP contribution is 2.16. The molecule has 1 atom stereocenters. The third-order valence-electron chi connectivity index (χ3n) is 5.63. The lowest BCUT2D eigenvalue weighted by molar-refractivity contribution is -0.149. The number of nitrogens with zero attached hydrogens (tertiary/aromatic N) is 1. The van der Waals surface area contributed by atoms with Gasteiger partial charge in [-0.15, -0.1) is 0 Å². The average molecular weight is 510 g/mol. The second-order valence-electron chi connectivity index (χ2n) is 8.38. The fourth-order valence-electron chi connectivity index (χ4n) is 3.71. The molecule has 1 amide bonds. The second kappa shape index (κ2) is 14.6. The summed E-state index contributed by atoms with van der Waals surface area (Å²) < 4.78 is 29.7. The fourth-order valence-corrected chi connectivity index (χ4v) is 3.71. The molecule has 0 spiro atoms. The Labute approximate surface area is 216 Å². The molecule has 0 bridgehead atoms. The molecular formula is C29H32FNO6. The molecule has 8 heteroatoms. The van der Waals surface area contributed by atoms with E-state index in [4.69, 9.17) is 14.2 Å². The zero-order chi connectivity index (χ0) is 26.5. The van der Waals surface area contributed by atoms with Crippen LogP contribution in [0.1, 0.15) is 24.5 Å². The van der Waals surface area contributed by atoms with Crippen molar-refractivity contribution in [3.63, 3.8) is 0 Å². The normalized spacial score (nSPS) is 11.5. The van der Waals surface area contributed by atoms with Crippen molar-refractivity contribution in [2.24, 2.45) is 0 Å². The number of carboxylic acids is 1. The Balaban J connectivity index is 1.55. The van der Waals surface area contributed by atoms with Crippen molar-refractivity contribution in [1.29, 1.82) is 0 Å². The second-order valence-corrected chi connectivity index (χ2v) is 8.38. The van der Waals surface area contributed by atoms with Crippen LogP contribution in [0.5, 0.6) is 11.5 Å². The minimum absolute atomic E-state index is 0.236. The molecule has 0 aliphatic carbocycles. The highest BCUT2D eigenvalue weighted by Gasteiger charge is 2.18. The molecule has 3 aromatic rings. The van der Waals surface area contributed by atoms with Gasteiger partial charge < -0.3 is 24.2 Å². The number of hydrogen-bond donors (Lipinski definition) is 1. The highest BCUT2D eigenvalue weighted by molar-refractivity contribution is 5.72. The third-order valence-corrected chi connectivity index (χ3v) is 5.63. The number of carbonyl (C=O) groups excluding carboxylic acids is 1. The number of rotatable bonds is 14. The maximum absolute atomic E-state index is 13.2. The van der Waals surface area contributed by atoms with Crippen LogP contribution < -0.4 is 9.47 Å². The number of carbonyl (C=O) groups is 2. The Kier molecular flexibility index (Phi) is 10.9. The van der Waals surface area contributed by atoms with Gasteiger partial charge in [0.25, 0.3) is 0 Å². The molecule has 0 heterocycles. The van der Waals surface area contributed by atoms with E-state index >= 15 is 0 Å². The maximum Gasteiger partial charge on any atom is 0.415 e. The van der Waals surface area contributed by atoms with Crippen molar-refractivity contribution in [2.45, 2.75) is 32.3 Å². The van der Waals surface area contributed by atoms with E-state index in [1.807, 2.05) is 30.3 Å². The van der Waals surface area contributed by atoms with Gasteiger partial charge in [-0.05, 0) is 67.3 Å². The number of hydrogen-bond acceptors (Lipinski definition) is 5. The predicted molar refractivity (Wildman–Crippen MR) is 137 cm³/mol. The summed E-state index contributed by atoms with van der Waals surface area (Å²) in [6, 6.07) is 22.4. The van der Waals surface area contributed by atoms with Gasteiger partial charge in [-0.2, -0.15) is 0 Å². The summed E-state index contributed by atoms with van der Waals surface area (Å²) in [5.74, 6) is -0.539. The van der Waals surface area contributed by atoms with Gasteiger partial charge in [0.15, 0.2) is 6.10 Å². The molecule has 0 radical (unpaired) electrons. The zero-order valence-corrected chi connectivity index (χ0v) is 20.8. The highest BCUT2D eigenvalue weighted by atomic mass is 19.1. The first-order chi connectivity index (χ1) is 17.9. The number of carboxylic acid groups (broad SMARTS) is 1. The van der Waals surface area contributed by atoms with Gasteiger partial charge >= 0.3 is 12.1 Å². The number of ether oxygens (including phenoxy) is 3. The lowest BCUT2D eigenvalue weighted by atomic mass is 10.1. The molecule has 0 saturated heterocycles. The van der Waals surface area contributed by atoms with Gasteiger partial charge in [0.2, 0.25) is 0 Å². The first-order valence-corrected chi connectivity index (χ1v) is 12.3. The molecule has 0 fully saturated rings. The molecule has 3 rings (SSSR count). The molecule has 0 aliphatic heterocycles. The number of benzene rings is 3. The summed E-state index contributed by atoms with van der Waals surface area (Å²) in [6.07, 6.45) is 0.376. The molecule has 37 heavy (non-hydrogen) atoms. The molecule has 7 nitrogen and oxygen atoms in total. The van der Waals surface area contributed by atoms with Crippen molar-refractivity contribution in [3.8, 4) is 11.5 Å². The molecule has 1 unspecified atom stereocenters. The Morgan fingerprint density at radius 3 is 2.22 bits per heavy atom. The van der Waals surface area contributed by atoms with E-state index in [0.29, 0.717) is 25.4 Å². The minimum atomic E-state index is -0.998. The Morgan fingerprint density at radius 1 is 0.892 bits per heavy atom. The van der Waals surface area contributed by atoms with E-state index in [1.54, 1.807) is 36.1 Å². The number of amides is 1. The largest absolute Gasteiger partial charge is 0.492 e. The van der Waals surface area contributed by atoms with Crippen LogP contribution >= 0.6 is 0 Å². The minimum Gasteiger partial charge on any atom is -0.492 e. The summed E-state index contributed by atoms with van der Waals surface area (Å²) in [5, 5.41) is 9.26. The first-order valence-electron chi connectivity index (χ1n) is 12.3. The van der Waals surface area contributed by atoms with Crippen molar-refractivity contribution in [1.82, 2.24) is 4.90 Å². The molecule has 196 valence electrons. The lowest BCUT2D eigenvalue weighted by Gasteiger charge is -2.22. The standard InChI is InChI=1S/C29H32FNO6/c1-2-35-27(28(32)33)21-23-10-14-25(15-11-23)36-20-19-31(18-6-9-22-7-4-3-5-8-22)29(34)37-26-16-12-24(30)13-17-26/h3-5,7-8,10-17,27H,2,6,9,18-21H2,1H3,(H,32,33). The topological polar surface area (TPSA) is 85.3 Å². The Bertz CT molecular complexity index is 1110. The van der Waals surface area contributed by atoms with Crippen LogP contribution in [0.15, 0.2) is 78.9 Å².